The standard InChI is InChI=1S/C26H31N5O.C2H6/c1-5-10-20(11-6-2)16-17-27-18-21-12-9-13-22(28-21)19-32-26-24-15-8-7-14-23(24)25(29-30-26)31(3)4;1-2/h5-15,27H,1,16-19H2,2-4H3;1-2H3/b11-6-,20-10+;. The quantitative estimate of drug-likeness (QED) is 0.286. The summed E-state index contributed by atoms with van der Waals surface area (Å²) in [5.41, 5.74) is 3.08. The third-order valence-electron chi connectivity index (χ3n) is 4.89. The van der Waals surface area contributed by atoms with Crippen molar-refractivity contribution in [3.05, 3.63) is 90.3 Å². The van der Waals surface area contributed by atoms with E-state index < -0.39 is 0 Å². The van der Waals surface area contributed by atoms with Crippen LogP contribution in [-0.2, 0) is 13.2 Å². The lowest BCUT2D eigenvalue weighted by atomic mass is 10.1. The van der Waals surface area contributed by atoms with Gasteiger partial charge < -0.3 is 15.0 Å². The molecule has 3 rings (SSSR count). The summed E-state index contributed by atoms with van der Waals surface area (Å²) in [6, 6.07) is 14.0. The Morgan fingerprint density at radius 3 is 2.47 bits per heavy atom. The molecule has 0 radical (unpaired) electrons. The summed E-state index contributed by atoms with van der Waals surface area (Å²) >= 11 is 0. The normalized spacial score (nSPS) is 11.3. The Morgan fingerprint density at radius 1 is 1.03 bits per heavy atom. The zero-order chi connectivity index (χ0) is 24.8. The predicted octanol–water partition coefficient (Wildman–Crippen LogP) is 5.86. The first-order valence-electron chi connectivity index (χ1n) is 11.8. The number of hydrogen-bond donors (Lipinski definition) is 1. The molecule has 3 aromatic rings. The van der Waals surface area contributed by atoms with Crippen molar-refractivity contribution in [2.45, 2.75) is 40.3 Å². The largest absolute Gasteiger partial charge is 0.470 e. The van der Waals surface area contributed by atoms with Gasteiger partial charge >= 0.3 is 0 Å². The highest BCUT2D eigenvalue weighted by Gasteiger charge is 2.11. The van der Waals surface area contributed by atoms with Crippen LogP contribution in [0.3, 0.4) is 0 Å². The van der Waals surface area contributed by atoms with Gasteiger partial charge in [0.1, 0.15) is 6.61 Å². The Kier molecular flexibility index (Phi) is 11.5. The van der Waals surface area contributed by atoms with E-state index in [-0.39, 0.29) is 0 Å². The van der Waals surface area contributed by atoms with E-state index in [4.69, 9.17) is 9.72 Å². The van der Waals surface area contributed by atoms with Crippen LogP contribution < -0.4 is 15.0 Å². The van der Waals surface area contributed by atoms with Crippen LogP contribution in [0.25, 0.3) is 10.8 Å². The number of nitrogens with one attached hydrogen (secondary N) is 1. The topological polar surface area (TPSA) is 63.2 Å². The number of allylic oxidation sites excluding steroid dienone is 4. The Labute approximate surface area is 204 Å². The van der Waals surface area contributed by atoms with Gasteiger partial charge in [0.05, 0.1) is 11.4 Å². The Morgan fingerprint density at radius 2 is 1.76 bits per heavy atom. The molecule has 0 aliphatic rings. The summed E-state index contributed by atoms with van der Waals surface area (Å²) in [6.45, 7) is 11.7. The van der Waals surface area contributed by atoms with Crippen LogP contribution in [0.5, 0.6) is 5.88 Å². The predicted molar refractivity (Wildman–Crippen MR) is 143 cm³/mol. The van der Waals surface area contributed by atoms with Crippen LogP contribution >= 0.6 is 0 Å². The van der Waals surface area contributed by atoms with E-state index in [1.54, 1.807) is 0 Å². The van der Waals surface area contributed by atoms with Crippen molar-refractivity contribution in [3.63, 3.8) is 0 Å². The minimum absolute atomic E-state index is 0.335. The fourth-order valence-corrected chi connectivity index (χ4v) is 3.39. The molecule has 0 aliphatic carbocycles. The van der Waals surface area contributed by atoms with Gasteiger partial charge in [-0.3, -0.25) is 4.98 Å². The van der Waals surface area contributed by atoms with Gasteiger partial charge in [0.15, 0.2) is 5.82 Å². The summed E-state index contributed by atoms with van der Waals surface area (Å²) in [7, 11) is 3.91. The first-order chi connectivity index (χ1) is 16.6. The molecule has 0 saturated heterocycles. The molecule has 1 N–H and O–H groups in total. The molecule has 1 aromatic carbocycles. The monoisotopic (exact) mass is 459 g/mol. The van der Waals surface area contributed by atoms with Crippen molar-refractivity contribution in [3.8, 4) is 5.88 Å². The van der Waals surface area contributed by atoms with Gasteiger partial charge in [0.2, 0.25) is 5.88 Å². The molecule has 34 heavy (non-hydrogen) atoms. The Balaban J connectivity index is 0.00000199. The van der Waals surface area contributed by atoms with E-state index in [9.17, 15) is 0 Å². The molecular formula is C28H37N5O. The van der Waals surface area contributed by atoms with E-state index in [1.165, 1.54) is 5.57 Å². The minimum Gasteiger partial charge on any atom is -0.470 e. The fraction of sp³-hybridized carbons (Fsp3) is 0.321. The Bertz CT molecular complexity index is 1100. The first-order valence-corrected chi connectivity index (χ1v) is 11.8. The number of pyridine rings is 1. The molecule has 0 atom stereocenters. The molecule has 6 heteroatoms. The number of benzene rings is 1. The van der Waals surface area contributed by atoms with Crippen molar-refractivity contribution in [2.24, 2.45) is 0 Å². The van der Waals surface area contributed by atoms with Gasteiger partial charge in [-0.15, -0.1) is 10.2 Å². The number of nitrogens with zero attached hydrogens (tertiary/aromatic N) is 4. The smallest absolute Gasteiger partial charge is 0.241 e. The fourth-order valence-electron chi connectivity index (χ4n) is 3.39. The summed E-state index contributed by atoms with van der Waals surface area (Å²) in [6.07, 6.45) is 8.95. The third kappa shape index (κ3) is 7.81. The van der Waals surface area contributed by atoms with Crippen LogP contribution in [0.1, 0.15) is 38.6 Å². The average molecular weight is 460 g/mol. The maximum atomic E-state index is 6.01. The number of rotatable bonds is 11. The Hall–Kier alpha value is -3.51. The van der Waals surface area contributed by atoms with Gasteiger partial charge in [-0.2, -0.15) is 0 Å². The van der Waals surface area contributed by atoms with Gasteiger partial charge in [-0.25, -0.2) is 0 Å². The maximum Gasteiger partial charge on any atom is 0.241 e. The van der Waals surface area contributed by atoms with E-state index in [0.717, 1.165) is 40.9 Å². The van der Waals surface area contributed by atoms with Crippen LogP contribution in [0.4, 0.5) is 5.82 Å². The second-order valence-electron chi connectivity index (χ2n) is 7.58. The van der Waals surface area contributed by atoms with E-state index in [2.05, 4.69) is 28.2 Å². The molecule has 0 amide bonds. The number of ether oxygens (including phenoxy) is 1. The molecule has 6 nitrogen and oxygen atoms in total. The lowest BCUT2D eigenvalue weighted by Crippen LogP contribution is -2.16. The molecule has 0 aliphatic heterocycles. The lowest BCUT2D eigenvalue weighted by Gasteiger charge is -2.15. The molecule has 0 fully saturated rings. The van der Waals surface area contributed by atoms with Crippen LogP contribution in [0, 0.1) is 0 Å². The zero-order valence-corrected chi connectivity index (χ0v) is 21.1. The molecule has 180 valence electrons. The van der Waals surface area contributed by atoms with Gasteiger partial charge in [0, 0.05) is 31.4 Å². The highest BCUT2D eigenvalue weighted by molar-refractivity contribution is 5.94. The summed E-state index contributed by atoms with van der Waals surface area (Å²) in [4.78, 5) is 6.66. The molecule has 2 aromatic heterocycles. The molecule has 0 unspecified atom stereocenters. The average Bonchev–Trinajstić information content (AvgIpc) is 2.86. The number of aromatic nitrogens is 3. The third-order valence-corrected chi connectivity index (χ3v) is 4.89. The van der Waals surface area contributed by atoms with Crippen LogP contribution in [0.15, 0.2) is 78.9 Å². The summed E-state index contributed by atoms with van der Waals surface area (Å²) < 4.78 is 6.01. The zero-order valence-electron chi connectivity index (χ0n) is 21.1. The summed E-state index contributed by atoms with van der Waals surface area (Å²) in [5.74, 6) is 1.33. The highest BCUT2D eigenvalue weighted by Crippen LogP contribution is 2.28. The van der Waals surface area contributed by atoms with Gasteiger partial charge in [0.25, 0.3) is 0 Å². The van der Waals surface area contributed by atoms with Crippen molar-refractivity contribution in [1.29, 1.82) is 0 Å². The molecular weight excluding hydrogens is 422 g/mol. The first kappa shape index (κ1) is 26.7. The number of fused-ring (bicyclic) bond motifs is 1. The summed E-state index contributed by atoms with van der Waals surface area (Å²) in [5, 5.41) is 14.0. The van der Waals surface area contributed by atoms with Crippen LogP contribution in [0.2, 0.25) is 0 Å². The second-order valence-corrected chi connectivity index (χ2v) is 7.58. The van der Waals surface area contributed by atoms with Crippen molar-refractivity contribution < 1.29 is 4.74 Å². The molecule has 0 bridgehead atoms. The molecule has 2 heterocycles. The highest BCUT2D eigenvalue weighted by atomic mass is 16.5. The molecule has 0 spiro atoms. The van der Waals surface area contributed by atoms with Gasteiger partial charge in [-0.1, -0.05) is 69.0 Å². The minimum atomic E-state index is 0.335. The SMILES string of the molecule is C=C/C=C(\C=C/C)CCNCc1cccc(COc2nnc(N(C)C)c3ccccc23)n1.CC. The lowest BCUT2D eigenvalue weighted by molar-refractivity contribution is 0.289. The molecule has 0 saturated carbocycles. The van der Waals surface area contributed by atoms with Crippen molar-refractivity contribution in [1.82, 2.24) is 20.5 Å². The van der Waals surface area contributed by atoms with E-state index in [1.807, 2.05) is 100 Å². The van der Waals surface area contributed by atoms with Crippen LogP contribution in [-0.4, -0.2) is 35.8 Å². The van der Waals surface area contributed by atoms with E-state index in [0.29, 0.717) is 19.0 Å². The van der Waals surface area contributed by atoms with E-state index >= 15 is 0 Å². The van der Waals surface area contributed by atoms with Gasteiger partial charge in [-0.05, 0) is 43.7 Å². The number of anilines is 1. The van der Waals surface area contributed by atoms with Crippen molar-refractivity contribution in [2.75, 3.05) is 25.5 Å². The number of hydrogen-bond acceptors (Lipinski definition) is 6. The van der Waals surface area contributed by atoms with Crippen molar-refractivity contribution >= 4 is 16.6 Å². The maximum absolute atomic E-state index is 6.01. The second kappa shape index (κ2) is 14.6.